The Kier molecular flexibility index (Phi) is 4.14. The molecular formula is C12H4Cl3F4N. The van der Waals surface area contributed by atoms with Crippen LogP contribution < -0.4 is 0 Å². The van der Waals surface area contributed by atoms with Crippen LogP contribution in [0.25, 0.3) is 11.1 Å². The maximum Gasteiger partial charge on any atom is 0.421 e. The van der Waals surface area contributed by atoms with Crippen LogP contribution in [0.4, 0.5) is 17.6 Å². The van der Waals surface area contributed by atoms with Gasteiger partial charge in [-0.25, -0.2) is 4.98 Å². The van der Waals surface area contributed by atoms with Crippen molar-refractivity contribution >= 4 is 34.8 Å². The molecule has 0 amide bonds. The molecule has 0 saturated carbocycles. The van der Waals surface area contributed by atoms with E-state index in [-0.39, 0.29) is 20.6 Å². The average molecular weight is 345 g/mol. The number of nitrogens with zero attached hydrogens (tertiary/aromatic N) is 1. The van der Waals surface area contributed by atoms with Gasteiger partial charge in [-0.1, -0.05) is 34.8 Å². The van der Waals surface area contributed by atoms with Crippen LogP contribution in [0.1, 0.15) is 5.56 Å². The lowest BCUT2D eigenvalue weighted by Crippen LogP contribution is -2.12. The summed E-state index contributed by atoms with van der Waals surface area (Å²) in [6, 6.07) is 3.44. The van der Waals surface area contributed by atoms with Crippen LogP contribution in [0.3, 0.4) is 0 Å². The lowest BCUT2D eigenvalue weighted by atomic mass is 10.0. The molecule has 2 aromatic rings. The van der Waals surface area contributed by atoms with E-state index in [1.807, 2.05) is 0 Å². The number of hydrogen-bond donors (Lipinski definition) is 0. The van der Waals surface area contributed by atoms with Gasteiger partial charge in [-0.15, -0.1) is 0 Å². The van der Waals surface area contributed by atoms with Crippen molar-refractivity contribution in [3.63, 3.8) is 0 Å². The number of alkyl halides is 3. The molecule has 0 fully saturated rings. The third-order valence-electron chi connectivity index (χ3n) is 2.46. The molecule has 2 rings (SSSR count). The van der Waals surface area contributed by atoms with Crippen LogP contribution in [0, 0.1) is 5.95 Å². The van der Waals surface area contributed by atoms with Gasteiger partial charge in [-0.3, -0.25) is 0 Å². The van der Waals surface area contributed by atoms with E-state index < -0.39 is 23.3 Å². The fourth-order valence-corrected chi connectivity index (χ4v) is 2.73. The monoisotopic (exact) mass is 343 g/mol. The molecule has 0 saturated heterocycles. The summed E-state index contributed by atoms with van der Waals surface area (Å²) in [5, 5.41) is -0.0657. The van der Waals surface area contributed by atoms with Gasteiger partial charge < -0.3 is 0 Å². The summed E-state index contributed by atoms with van der Waals surface area (Å²) >= 11 is 17.4. The number of pyridine rings is 1. The molecule has 8 heteroatoms. The number of rotatable bonds is 1. The van der Waals surface area contributed by atoms with Crippen LogP contribution >= 0.6 is 34.8 Å². The van der Waals surface area contributed by atoms with Crippen molar-refractivity contribution in [2.75, 3.05) is 0 Å². The Morgan fingerprint density at radius 1 is 1.00 bits per heavy atom. The summed E-state index contributed by atoms with van der Waals surface area (Å²) in [4.78, 5) is 3.01. The van der Waals surface area contributed by atoms with Gasteiger partial charge in [0.1, 0.15) is 5.56 Å². The first-order chi connectivity index (χ1) is 9.21. The second kappa shape index (κ2) is 5.39. The zero-order valence-electron chi connectivity index (χ0n) is 9.40. The molecule has 0 aliphatic rings. The smallest absolute Gasteiger partial charge is 0.228 e. The van der Waals surface area contributed by atoms with Gasteiger partial charge in [0.05, 0.1) is 10.0 Å². The third-order valence-corrected chi connectivity index (χ3v) is 3.28. The highest BCUT2D eigenvalue weighted by Crippen LogP contribution is 2.43. The van der Waals surface area contributed by atoms with Crippen molar-refractivity contribution in [3.05, 3.63) is 51.0 Å². The second-order valence-corrected chi connectivity index (χ2v) is 5.02. The van der Waals surface area contributed by atoms with Gasteiger partial charge >= 0.3 is 6.18 Å². The molecule has 1 aromatic heterocycles. The van der Waals surface area contributed by atoms with Gasteiger partial charge in [-0.2, -0.15) is 17.6 Å². The molecule has 0 bridgehead atoms. The molecule has 0 N–H and O–H groups in total. The van der Waals surface area contributed by atoms with Crippen LogP contribution in [-0.4, -0.2) is 4.98 Å². The van der Waals surface area contributed by atoms with E-state index in [4.69, 9.17) is 34.8 Å². The van der Waals surface area contributed by atoms with E-state index >= 15 is 0 Å². The Morgan fingerprint density at radius 3 is 2.05 bits per heavy atom. The van der Waals surface area contributed by atoms with Crippen molar-refractivity contribution in [2.24, 2.45) is 0 Å². The average Bonchev–Trinajstić information content (AvgIpc) is 2.25. The summed E-state index contributed by atoms with van der Waals surface area (Å²) in [5.74, 6) is -1.64. The molecule has 0 unspecified atom stereocenters. The van der Waals surface area contributed by atoms with Crippen LogP contribution in [0.15, 0.2) is 24.4 Å². The second-order valence-electron chi connectivity index (χ2n) is 3.77. The fraction of sp³-hybridized carbons (Fsp3) is 0.0833. The van der Waals surface area contributed by atoms with E-state index in [1.165, 1.54) is 12.1 Å². The lowest BCUT2D eigenvalue weighted by Gasteiger charge is -2.15. The van der Waals surface area contributed by atoms with Crippen molar-refractivity contribution in [3.8, 4) is 11.1 Å². The van der Waals surface area contributed by atoms with Gasteiger partial charge in [-0.05, 0) is 18.2 Å². The molecule has 0 spiro atoms. The van der Waals surface area contributed by atoms with Gasteiger partial charge in [0.15, 0.2) is 0 Å². The van der Waals surface area contributed by atoms with E-state index in [0.29, 0.717) is 0 Å². The Balaban J connectivity index is 2.81. The molecule has 0 aliphatic heterocycles. The number of aromatic nitrogens is 1. The topological polar surface area (TPSA) is 12.9 Å². The molecule has 106 valence electrons. The van der Waals surface area contributed by atoms with E-state index in [2.05, 4.69) is 4.98 Å². The maximum absolute atomic E-state index is 13.4. The largest absolute Gasteiger partial charge is 0.421 e. The minimum Gasteiger partial charge on any atom is -0.228 e. The van der Waals surface area contributed by atoms with Crippen LogP contribution in [0.2, 0.25) is 15.1 Å². The Morgan fingerprint density at radius 2 is 1.55 bits per heavy atom. The predicted molar refractivity (Wildman–Crippen MR) is 69.7 cm³/mol. The van der Waals surface area contributed by atoms with Crippen LogP contribution in [0.5, 0.6) is 0 Å². The Hall–Kier alpha value is -1.04. The van der Waals surface area contributed by atoms with Crippen LogP contribution in [-0.2, 0) is 6.18 Å². The number of halogens is 7. The van der Waals surface area contributed by atoms with Crippen molar-refractivity contribution in [1.29, 1.82) is 0 Å². The summed E-state index contributed by atoms with van der Waals surface area (Å²) < 4.78 is 52.3. The zero-order valence-corrected chi connectivity index (χ0v) is 11.7. The van der Waals surface area contributed by atoms with E-state index in [0.717, 1.165) is 12.3 Å². The standard InChI is InChI=1S/C12H4Cl3F4N/c13-5-3-7(14)9(8(15)4-5)6-1-2-20-11(16)10(6)12(17,18)19/h1-4H. The molecule has 0 radical (unpaired) electrons. The minimum absolute atomic E-state index is 0.112. The summed E-state index contributed by atoms with van der Waals surface area (Å²) in [6.07, 6.45) is -4.03. The highest BCUT2D eigenvalue weighted by atomic mass is 35.5. The fourth-order valence-electron chi connectivity index (χ4n) is 1.71. The Bertz CT molecular complexity index is 647. The molecular weight excluding hydrogens is 340 g/mol. The maximum atomic E-state index is 13.4. The SMILES string of the molecule is Fc1nccc(-c2c(Cl)cc(Cl)cc2Cl)c1C(F)(F)F. The highest BCUT2D eigenvalue weighted by molar-refractivity contribution is 6.41. The summed E-state index contributed by atoms with van der Waals surface area (Å²) in [5.41, 5.74) is -2.16. The lowest BCUT2D eigenvalue weighted by molar-refractivity contribution is -0.139. The Labute approximate surface area is 126 Å². The molecule has 1 aromatic carbocycles. The molecule has 1 heterocycles. The quantitative estimate of drug-likeness (QED) is 0.466. The minimum atomic E-state index is -4.93. The molecule has 0 atom stereocenters. The van der Waals surface area contributed by atoms with E-state index in [1.54, 1.807) is 0 Å². The molecule has 0 aliphatic carbocycles. The molecule has 1 nitrogen and oxygen atoms in total. The summed E-state index contributed by atoms with van der Waals surface area (Å²) in [7, 11) is 0. The van der Waals surface area contributed by atoms with Crippen molar-refractivity contribution in [2.45, 2.75) is 6.18 Å². The van der Waals surface area contributed by atoms with Crippen molar-refractivity contribution < 1.29 is 17.6 Å². The number of hydrogen-bond acceptors (Lipinski definition) is 1. The van der Waals surface area contributed by atoms with Gasteiger partial charge in [0.25, 0.3) is 0 Å². The zero-order chi connectivity index (χ0) is 15.1. The predicted octanol–water partition coefficient (Wildman–Crippen LogP) is 5.87. The number of benzene rings is 1. The first-order valence-electron chi connectivity index (χ1n) is 5.08. The van der Waals surface area contributed by atoms with Crippen molar-refractivity contribution in [1.82, 2.24) is 4.98 Å². The van der Waals surface area contributed by atoms with E-state index in [9.17, 15) is 17.6 Å². The third kappa shape index (κ3) is 2.85. The highest BCUT2D eigenvalue weighted by Gasteiger charge is 2.38. The first-order valence-corrected chi connectivity index (χ1v) is 6.22. The van der Waals surface area contributed by atoms with Gasteiger partial charge in [0.2, 0.25) is 5.95 Å². The summed E-state index contributed by atoms with van der Waals surface area (Å²) in [6.45, 7) is 0. The normalized spacial score (nSPS) is 11.8. The molecule has 20 heavy (non-hydrogen) atoms. The van der Waals surface area contributed by atoms with Gasteiger partial charge in [0, 0.05) is 22.3 Å². The first kappa shape index (κ1) is 15.4.